The Morgan fingerprint density at radius 3 is 1.95 bits per heavy atom. The maximum atomic E-state index is 13.4. The van der Waals surface area contributed by atoms with Gasteiger partial charge in [-0.05, 0) is 17.4 Å². The number of ether oxygens (including phenoxy) is 1. The minimum absolute atomic E-state index is 0.0860. The molecule has 2 rings (SSSR count). The molecule has 1 heterocycles. The number of benzene rings is 1. The van der Waals surface area contributed by atoms with E-state index in [1.165, 1.54) is 7.11 Å². The van der Waals surface area contributed by atoms with Crippen LogP contribution in [0, 0.1) is 0 Å². The molecule has 21 heavy (non-hydrogen) atoms. The highest BCUT2D eigenvalue weighted by molar-refractivity contribution is 5.53. The van der Waals surface area contributed by atoms with Gasteiger partial charge in [0.05, 0.1) is 7.11 Å². The highest BCUT2D eigenvalue weighted by Crippen LogP contribution is 2.48. The second kappa shape index (κ2) is 5.18. The highest BCUT2D eigenvalue weighted by Gasteiger charge is 2.66. The van der Waals surface area contributed by atoms with Crippen molar-refractivity contribution in [3.8, 4) is 5.75 Å². The van der Waals surface area contributed by atoms with Gasteiger partial charge < -0.3 is 4.74 Å². The van der Waals surface area contributed by atoms with Gasteiger partial charge >= 0.3 is 6.18 Å². The normalized spacial score (nSPS) is 17.4. The van der Waals surface area contributed by atoms with Gasteiger partial charge in [-0.2, -0.15) is 13.2 Å². The Morgan fingerprint density at radius 2 is 1.62 bits per heavy atom. The average molecular weight is 302 g/mol. The SMILES string of the molecule is COc1c(C(C)C)ccc(C2(C(F)(F)F)NN2)c1C(C)C. The van der Waals surface area contributed by atoms with Crippen molar-refractivity contribution in [2.75, 3.05) is 7.11 Å². The molecule has 1 aromatic carbocycles. The fraction of sp³-hybridized carbons (Fsp3) is 0.600. The smallest absolute Gasteiger partial charge is 0.426 e. The molecule has 0 atom stereocenters. The second-order valence-electron chi connectivity index (χ2n) is 5.96. The van der Waals surface area contributed by atoms with Gasteiger partial charge in [-0.15, -0.1) is 0 Å². The quantitative estimate of drug-likeness (QED) is 0.833. The van der Waals surface area contributed by atoms with Crippen molar-refractivity contribution in [3.63, 3.8) is 0 Å². The largest absolute Gasteiger partial charge is 0.496 e. The zero-order valence-electron chi connectivity index (χ0n) is 12.9. The zero-order chi connectivity index (χ0) is 16.0. The van der Waals surface area contributed by atoms with Gasteiger partial charge in [0.2, 0.25) is 5.66 Å². The molecule has 0 aliphatic carbocycles. The van der Waals surface area contributed by atoms with E-state index in [-0.39, 0.29) is 17.4 Å². The molecule has 2 N–H and O–H groups in total. The van der Waals surface area contributed by atoms with Crippen molar-refractivity contribution in [2.45, 2.75) is 51.4 Å². The first-order chi connectivity index (χ1) is 9.65. The summed E-state index contributed by atoms with van der Waals surface area (Å²) in [6, 6.07) is 3.27. The molecule has 0 spiro atoms. The van der Waals surface area contributed by atoms with Crippen LogP contribution in [0.1, 0.15) is 56.2 Å². The molecule has 0 unspecified atom stereocenters. The Labute approximate surface area is 122 Å². The van der Waals surface area contributed by atoms with Crippen LogP contribution in [0.25, 0.3) is 0 Å². The van der Waals surface area contributed by atoms with Crippen molar-refractivity contribution in [3.05, 3.63) is 28.8 Å². The van der Waals surface area contributed by atoms with E-state index in [1.807, 2.05) is 27.7 Å². The van der Waals surface area contributed by atoms with Crippen LogP contribution in [-0.2, 0) is 5.66 Å². The molecule has 6 heteroatoms. The molecule has 0 saturated carbocycles. The molecule has 1 fully saturated rings. The van der Waals surface area contributed by atoms with Crippen LogP contribution in [0.3, 0.4) is 0 Å². The lowest BCUT2D eigenvalue weighted by atomic mass is 9.86. The van der Waals surface area contributed by atoms with E-state index in [0.717, 1.165) is 5.56 Å². The lowest BCUT2D eigenvalue weighted by molar-refractivity contribution is -0.165. The van der Waals surface area contributed by atoms with Gasteiger partial charge in [0, 0.05) is 11.1 Å². The first-order valence-corrected chi connectivity index (χ1v) is 6.98. The predicted molar refractivity (Wildman–Crippen MR) is 75.2 cm³/mol. The molecule has 1 aromatic rings. The molecule has 3 nitrogen and oxygen atoms in total. The van der Waals surface area contributed by atoms with Gasteiger partial charge in [-0.3, -0.25) is 0 Å². The first-order valence-electron chi connectivity index (χ1n) is 6.98. The van der Waals surface area contributed by atoms with Crippen LogP contribution in [0.4, 0.5) is 13.2 Å². The first kappa shape index (κ1) is 16.1. The molecule has 1 aliphatic rings. The second-order valence-corrected chi connectivity index (χ2v) is 5.96. The van der Waals surface area contributed by atoms with E-state index in [1.54, 1.807) is 12.1 Å². The Balaban J connectivity index is 2.69. The third-order valence-electron chi connectivity index (χ3n) is 3.83. The van der Waals surface area contributed by atoms with Crippen molar-refractivity contribution in [1.82, 2.24) is 10.9 Å². The number of nitrogens with one attached hydrogen (secondary N) is 2. The fourth-order valence-electron chi connectivity index (χ4n) is 2.69. The van der Waals surface area contributed by atoms with Crippen LogP contribution in [-0.4, -0.2) is 13.3 Å². The van der Waals surface area contributed by atoms with Crippen molar-refractivity contribution >= 4 is 0 Å². The van der Waals surface area contributed by atoms with E-state index in [0.29, 0.717) is 11.3 Å². The Hall–Kier alpha value is -1.27. The molecule has 0 bridgehead atoms. The summed E-state index contributed by atoms with van der Waals surface area (Å²) in [6.07, 6.45) is -4.42. The van der Waals surface area contributed by atoms with Crippen LogP contribution in [0.5, 0.6) is 5.75 Å². The standard InChI is InChI=1S/C15H21F3N2O/c1-8(2)10-6-7-11(12(9(3)4)13(10)21-5)14(19-20-14)15(16,17)18/h6-9,19-20H,1-5H3. The number of halogens is 3. The fourth-order valence-corrected chi connectivity index (χ4v) is 2.69. The van der Waals surface area contributed by atoms with Gasteiger partial charge in [-0.25, -0.2) is 10.9 Å². The Morgan fingerprint density at radius 1 is 1.05 bits per heavy atom. The summed E-state index contributed by atoms with van der Waals surface area (Å²) in [5, 5.41) is 0. The number of hydrogen-bond donors (Lipinski definition) is 2. The van der Waals surface area contributed by atoms with E-state index in [4.69, 9.17) is 4.74 Å². The third-order valence-corrected chi connectivity index (χ3v) is 3.83. The minimum Gasteiger partial charge on any atom is -0.496 e. The van der Waals surface area contributed by atoms with Crippen molar-refractivity contribution in [2.24, 2.45) is 0 Å². The summed E-state index contributed by atoms with van der Waals surface area (Å²) < 4.78 is 45.5. The summed E-state index contributed by atoms with van der Waals surface area (Å²) in [5.74, 6) is 0.641. The maximum Gasteiger partial charge on any atom is 0.426 e. The van der Waals surface area contributed by atoms with E-state index in [2.05, 4.69) is 10.9 Å². The Bertz CT molecular complexity index is 534. The van der Waals surface area contributed by atoms with E-state index >= 15 is 0 Å². The lowest BCUT2D eigenvalue weighted by Crippen LogP contribution is -2.36. The topological polar surface area (TPSA) is 53.1 Å². The van der Waals surface area contributed by atoms with Crippen LogP contribution in [0.2, 0.25) is 0 Å². The molecule has 0 amide bonds. The summed E-state index contributed by atoms with van der Waals surface area (Å²) in [7, 11) is 1.50. The van der Waals surface area contributed by atoms with Gasteiger partial charge in [0.1, 0.15) is 5.75 Å². The predicted octanol–water partition coefficient (Wildman–Crippen LogP) is 3.76. The monoisotopic (exact) mass is 302 g/mol. The van der Waals surface area contributed by atoms with Crippen LogP contribution in [0.15, 0.2) is 12.1 Å². The van der Waals surface area contributed by atoms with E-state index in [9.17, 15) is 13.2 Å². The van der Waals surface area contributed by atoms with Crippen molar-refractivity contribution in [1.29, 1.82) is 0 Å². The van der Waals surface area contributed by atoms with Gasteiger partial charge in [0.25, 0.3) is 0 Å². The number of alkyl halides is 3. The number of hydrogen-bond acceptors (Lipinski definition) is 3. The molecule has 0 radical (unpaired) electrons. The minimum atomic E-state index is -4.42. The summed E-state index contributed by atoms with van der Waals surface area (Å²) in [5.41, 5.74) is 4.08. The number of rotatable bonds is 4. The summed E-state index contributed by atoms with van der Waals surface area (Å²) in [4.78, 5) is 0. The highest BCUT2D eigenvalue weighted by atomic mass is 19.4. The molecular formula is C15H21F3N2O. The van der Waals surface area contributed by atoms with Crippen molar-refractivity contribution < 1.29 is 17.9 Å². The van der Waals surface area contributed by atoms with Gasteiger partial charge in [-0.1, -0.05) is 39.8 Å². The average Bonchev–Trinajstić information content (AvgIpc) is 3.17. The maximum absolute atomic E-state index is 13.4. The molecular weight excluding hydrogens is 281 g/mol. The van der Waals surface area contributed by atoms with Crippen LogP contribution >= 0.6 is 0 Å². The summed E-state index contributed by atoms with van der Waals surface area (Å²) >= 11 is 0. The molecule has 1 saturated heterocycles. The molecule has 118 valence electrons. The molecule has 1 aliphatic heterocycles. The summed E-state index contributed by atoms with van der Waals surface area (Å²) in [6.45, 7) is 7.74. The zero-order valence-corrected chi connectivity index (χ0v) is 12.9. The lowest BCUT2D eigenvalue weighted by Gasteiger charge is -2.26. The van der Waals surface area contributed by atoms with E-state index < -0.39 is 11.8 Å². The number of methoxy groups -OCH3 is 1. The van der Waals surface area contributed by atoms with Gasteiger partial charge in [0.15, 0.2) is 0 Å². The number of hydrazine groups is 1. The Kier molecular flexibility index (Phi) is 3.97. The molecule has 0 aromatic heterocycles. The third kappa shape index (κ3) is 2.51. The van der Waals surface area contributed by atoms with Crippen LogP contribution < -0.4 is 15.6 Å².